The first-order chi connectivity index (χ1) is 14.0. The number of fused-ring (bicyclic) bond motifs is 1. The van der Waals surface area contributed by atoms with E-state index in [1.807, 2.05) is 13.0 Å². The van der Waals surface area contributed by atoms with Gasteiger partial charge in [-0.15, -0.1) is 0 Å². The highest BCUT2D eigenvalue weighted by Crippen LogP contribution is 2.28. The molecule has 0 atom stereocenters. The number of carbonyl (C=O) groups is 1. The zero-order valence-corrected chi connectivity index (χ0v) is 16.2. The van der Waals surface area contributed by atoms with Crippen LogP contribution in [0.1, 0.15) is 12.5 Å². The molecule has 1 aromatic heterocycles. The molecule has 1 N–H and O–H groups in total. The molecule has 29 heavy (non-hydrogen) atoms. The lowest BCUT2D eigenvalue weighted by Gasteiger charge is -2.08. The highest BCUT2D eigenvalue weighted by molar-refractivity contribution is 8.00. The molecule has 0 unspecified atom stereocenters. The second-order valence-corrected chi connectivity index (χ2v) is 6.82. The minimum Gasteiger partial charge on any atom is -0.494 e. The van der Waals surface area contributed by atoms with Crippen molar-refractivity contribution in [3.63, 3.8) is 0 Å². The molecule has 3 aromatic rings. The van der Waals surface area contributed by atoms with Crippen molar-refractivity contribution in [2.75, 3.05) is 17.7 Å². The van der Waals surface area contributed by atoms with E-state index < -0.39 is 10.8 Å². The number of amides is 1. The van der Waals surface area contributed by atoms with Crippen LogP contribution in [0.2, 0.25) is 0 Å². The Bertz CT molecular complexity index is 1130. The quantitative estimate of drug-likeness (QED) is 0.354. The molecule has 0 aliphatic rings. The number of pyridine rings is 1. The Labute approximate surface area is 170 Å². The highest BCUT2D eigenvalue weighted by Gasteiger charge is 2.16. The molecule has 3 rings (SSSR count). The van der Waals surface area contributed by atoms with Crippen LogP contribution in [0.3, 0.4) is 0 Å². The fraction of sp³-hybridized carbons (Fsp3) is 0.150. The summed E-state index contributed by atoms with van der Waals surface area (Å²) in [6, 6.07) is 15.1. The van der Waals surface area contributed by atoms with Crippen molar-refractivity contribution < 1.29 is 14.5 Å². The highest BCUT2D eigenvalue weighted by atomic mass is 32.2. The molecular weight excluding hydrogens is 392 g/mol. The molecule has 0 saturated heterocycles. The van der Waals surface area contributed by atoms with Crippen LogP contribution in [0, 0.1) is 21.4 Å². The Kier molecular flexibility index (Phi) is 6.26. The van der Waals surface area contributed by atoms with Gasteiger partial charge in [-0.05, 0) is 37.3 Å². The molecule has 146 valence electrons. The Balaban J connectivity index is 1.76. The zero-order valence-electron chi connectivity index (χ0n) is 15.4. The van der Waals surface area contributed by atoms with Crippen LogP contribution in [0.5, 0.6) is 5.75 Å². The zero-order chi connectivity index (χ0) is 20.8. The summed E-state index contributed by atoms with van der Waals surface area (Å²) >= 11 is 1.10. The average molecular weight is 408 g/mol. The second-order valence-electron chi connectivity index (χ2n) is 5.85. The SMILES string of the molecule is CCOc1ccc2nc(SCC(=O)Nc3ccccc3[N+](=O)[O-])c(C#N)cc2c1. The third-order valence-electron chi connectivity index (χ3n) is 3.90. The summed E-state index contributed by atoms with van der Waals surface area (Å²) in [5.41, 5.74) is 0.958. The number of nitriles is 1. The normalized spacial score (nSPS) is 10.3. The van der Waals surface area contributed by atoms with E-state index in [2.05, 4.69) is 16.4 Å². The fourth-order valence-corrected chi connectivity index (χ4v) is 3.41. The average Bonchev–Trinajstić information content (AvgIpc) is 2.72. The topological polar surface area (TPSA) is 118 Å². The van der Waals surface area contributed by atoms with Crippen LogP contribution in [0.4, 0.5) is 11.4 Å². The number of nitro groups is 1. The molecule has 0 fully saturated rings. The van der Waals surface area contributed by atoms with Gasteiger partial charge in [0.15, 0.2) is 0 Å². The smallest absolute Gasteiger partial charge is 0.292 e. The maximum atomic E-state index is 12.3. The van der Waals surface area contributed by atoms with Gasteiger partial charge in [-0.25, -0.2) is 4.98 Å². The van der Waals surface area contributed by atoms with Crippen LogP contribution >= 0.6 is 11.8 Å². The van der Waals surface area contributed by atoms with Crippen molar-refractivity contribution >= 4 is 39.9 Å². The number of hydrogen-bond acceptors (Lipinski definition) is 7. The first-order valence-electron chi connectivity index (χ1n) is 8.65. The number of aromatic nitrogens is 1. The van der Waals surface area contributed by atoms with Crippen LogP contribution in [-0.2, 0) is 4.79 Å². The van der Waals surface area contributed by atoms with E-state index in [9.17, 15) is 20.2 Å². The van der Waals surface area contributed by atoms with Gasteiger partial charge in [-0.2, -0.15) is 5.26 Å². The molecule has 0 radical (unpaired) electrons. The number of hydrogen-bond donors (Lipinski definition) is 1. The van der Waals surface area contributed by atoms with Gasteiger partial charge in [-0.3, -0.25) is 14.9 Å². The van der Waals surface area contributed by atoms with Gasteiger partial charge in [0.2, 0.25) is 5.91 Å². The van der Waals surface area contributed by atoms with E-state index in [1.165, 1.54) is 18.2 Å². The molecule has 1 amide bonds. The van der Waals surface area contributed by atoms with Gasteiger partial charge < -0.3 is 10.1 Å². The van der Waals surface area contributed by atoms with Gasteiger partial charge in [0.1, 0.15) is 22.5 Å². The number of rotatable bonds is 7. The van der Waals surface area contributed by atoms with Crippen molar-refractivity contribution in [3.05, 3.63) is 64.2 Å². The summed E-state index contributed by atoms with van der Waals surface area (Å²) in [4.78, 5) is 27.2. The number of anilines is 1. The van der Waals surface area contributed by atoms with E-state index in [1.54, 1.807) is 24.3 Å². The van der Waals surface area contributed by atoms with E-state index in [0.29, 0.717) is 28.5 Å². The van der Waals surface area contributed by atoms with Crippen molar-refractivity contribution in [1.82, 2.24) is 4.98 Å². The van der Waals surface area contributed by atoms with Crippen molar-refractivity contribution in [1.29, 1.82) is 5.26 Å². The standard InChI is InChI=1S/C20H16N4O4S/c1-2-28-15-7-8-16-13(10-15)9-14(11-21)20(23-16)29-12-19(25)22-17-5-3-4-6-18(17)24(26)27/h3-10H,2,12H2,1H3,(H,22,25). The third-order valence-corrected chi connectivity index (χ3v) is 4.89. The third kappa shape index (κ3) is 4.80. The molecule has 0 aliphatic carbocycles. The van der Waals surface area contributed by atoms with E-state index in [0.717, 1.165) is 17.1 Å². The summed E-state index contributed by atoms with van der Waals surface area (Å²) in [6.45, 7) is 2.42. The van der Waals surface area contributed by atoms with Crippen molar-refractivity contribution in [2.24, 2.45) is 0 Å². The molecule has 9 heteroatoms. The predicted molar refractivity (Wildman–Crippen MR) is 110 cm³/mol. The lowest BCUT2D eigenvalue weighted by atomic mass is 10.1. The largest absolute Gasteiger partial charge is 0.494 e. The number of benzene rings is 2. The lowest BCUT2D eigenvalue weighted by Crippen LogP contribution is -2.15. The molecule has 0 aliphatic heterocycles. The molecule has 8 nitrogen and oxygen atoms in total. The van der Waals surface area contributed by atoms with Crippen molar-refractivity contribution in [3.8, 4) is 11.8 Å². The monoisotopic (exact) mass is 408 g/mol. The van der Waals surface area contributed by atoms with Crippen molar-refractivity contribution in [2.45, 2.75) is 11.9 Å². The molecule has 1 heterocycles. The molecule has 0 saturated carbocycles. The van der Waals surface area contributed by atoms with E-state index >= 15 is 0 Å². The second kappa shape index (κ2) is 9.03. The van der Waals surface area contributed by atoms with Gasteiger partial charge >= 0.3 is 0 Å². The fourth-order valence-electron chi connectivity index (χ4n) is 2.64. The van der Waals surface area contributed by atoms with Gasteiger partial charge in [0.05, 0.1) is 28.4 Å². The van der Waals surface area contributed by atoms with E-state index in [4.69, 9.17) is 4.74 Å². The summed E-state index contributed by atoms with van der Waals surface area (Å²) in [6.07, 6.45) is 0. The summed E-state index contributed by atoms with van der Waals surface area (Å²) in [5, 5.41) is 24.2. The number of ether oxygens (including phenoxy) is 1. The van der Waals surface area contributed by atoms with Gasteiger partial charge in [0, 0.05) is 11.5 Å². The Morgan fingerprint density at radius 2 is 2.10 bits per heavy atom. The van der Waals surface area contributed by atoms with Crippen LogP contribution in [-0.4, -0.2) is 28.2 Å². The molecule has 2 aromatic carbocycles. The predicted octanol–water partition coefficient (Wildman–Crippen LogP) is 4.14. The van der Waals surface area contributed by atoms with Crippen LogP contribution in [0.25, 0.3) is 10.9 Å². The molecule has 0 spiro atoms. The summed E-state index contributed by atoms with van der Waals surface area (Å²) < 4.78 is 5.46. The minimum absolute atomic E-state index is 0.0454. The van der Waals surface area contributed by atoms with Crippen LogP contribution < -0.4 is 10.1 Å². The summed E-state index contributed by atoms with van der Waals surface area (Å²) in [5.74, 6) is 0.215. The molecular formula is C20H16N4O4S. The first-order valence-corrected chi connectivity index (χ1v) is 9.64. The number of carbonyl (C=O) groups excluding carboxylic acids is 1. The number of nitrogens with one attached hydrogen (secondary N) is 1. The maximum absolute atomic E-state index is 12.3. The maximum Gasteiger partial charge on any atom is 0.292 e. The molecule has 0 bridgehead atoms. The number of para-hydroxylation sites is 2. The van der Waals surface area contributed by atoms with Gasteiger partial charge in [-0.1, -0.05) is 23.9 Å². The number of thioether (sulfide) groups is 1. The Morgan fingerprint density at radius 1 is 1.31 bits per heavy atom. The minimum atomic E-state index is -0.558. The lowest BCUT2D eigenvalue weighted by molar-refractivity contribution is -0.383. The van der Waals surface area contributed by atoms with E-state index in [-0.39, 0.29) is 17.1 Å². The van der Waals surface area contributed by atoms with Crippen LogP contribution in [0.15, 0.2) is 53.6 Å². The Hall–Kier alpha value is -3.64. The van der Waals surface area contributed by atoms with Gasteiger partial charge in [0.25, 0.3) is 5.69 Å². The number of nitro benzene ring substituents is 1. The number of nitrogens with zero attached hydrogens (tertiary/aromatic N) is 3. The summed E-state index contributed by atoms with van der Waals surface area (Å²) in [7, 11) is 0. The Morgan fingerprint density at radius 3 is 2.83 bits per heavy atom. The first kappa shape index (κ1) is 20.1.